The molecule has 0 aromatic carbocycles. The Morgan fingerprint density at radius 1 is 1.53 bits per heavy atom. The van der Waals surface area contributed by atoms with E-state index in [4.69, 9.17) is 0 Å². The maximum absolute atomic E-state index is 12.2. The van der Waals surface area contributed by atoms with Crippen LogP contribution >= 0.6 is 0 Å². The second kappa shape index (κ2) is 3.84. The van der Waals surface area contributed by atoms with Crippen LogP contribution in [0.1, 0.15) is 18.2 Å². The first-order valence-corrected chi connectivity index (χ1v) is 4.06. The number of pyridine rings is 1. The fraction of sp³-hybridized carbons (Fsp3) is 0.375. The van der Waals surface area contributed by atoms with Gasteiger partial charge < -0.3 is 0 Å². The van der Waals surface area contributed by atoms with E-state index in [1.807, 2.05) is 0 Å². The van der Waals surface area contributed by atoms with Crippen LogP contribution in [0, 0.1) is 10.1 Å². The van der Waals surface area contributed by atoms with Gasteiger partial charge in [0.05, 0.1) is 10.5 Å². The number of halogens is 3. The summed E-state index contributed by atoms with van der Waals surface area (Å²) in [6.45, 7) is 1.59. The molecule has 0 aliphatic carbocycles. The quantitative estimate of drug-likeness (QED) is 0.568. The fourth-order valence-electron chi connectivity index (χ4n) is 1.07. The van der Waals surface area contributed by atoms with Crippen LogP contribution in [-0.4, -0.2) is 9.91 Å². The minimum atomic E-state index is -4.61. The predicted molar refractivity (Wildman–Crippen MR) is 45.3 cm³/mol. The summed E-state index contributed by atoms with van der Waals surface area (Å²) in [5, 5.41) is 10.5. The normalized spacial score (nSPS) is 11.5. The van der Waals surface area contributed by atoms with Crippen LogP contribution in [0.5, 0.6) is 0 Å². The van der Waals surface area contributed by atoms with E-state index in [1.165, 1.54) is 0 Å². The molecule has 0 aliphatic rings. The topological polar surface area (TPSA) is 56.0 Å². The summed E-state index contributed by atoms with van der Waals surface area (Å²) >= 11 is 0. The van der Waals surface area contributed by atoms with Gasteiger partial charge >= 0.3 is 6.18 Å². The molecule has 0 atom stereocenters. The number of nitro groups is 1. The van der Waals surface area contributed by atoms with E-state index in [2.05, 4.69) is 4.98 Å². The van der Waals surface area contributed by atoms with Crippen LogP contribution in [-0.2, 0) is 12.6 Å². The lowest BCUT2D eigenvalue weighted by atomic mass is 10.2. The summed E-state index contributed by atoms with van der Waals surface area (Å²) < 4.78 is 36.6. The number of hydrogen-bond acceptors (Lipinski definition) is 3. The Labute approximate surface area is 82.9 Å². The molecule has 0 bridgehead atoms. The number of nitrogens with zero attached hydrogens (tertiary/aromatic N) is 2. The Morgan fingerprint density at radius 3 is 2.53 bits per heavy atom. The van der Waals surface area contributed by atoms with E-state index >= 15 is 0 Å². The van der Waals surface area contributed by atoms with Gasteiger partial charge in [0.1, 0.15) is 5.69 Å². The maximum atomic E-state index is 12.2. The minimum absolute atomic E-state index is 0.0491. The minimum Gasteiger partial charge on any atom is -0.258 e. The summed E-state index contributed by atoms with van der Waals surface area (Å²) in [6, 6.07) is 0.506. The van der Waals surface area contributed by atoms with E-state index in [9.17, 15) is 23.3 Å². The highest BCUT2D eigenvalue weighted by atomic mass is 19.4. The average molecular weight is 220 g/mol. The summed E-state index contributed by atoms with van der Waals surface area (Å²) in [5.41, 5.74) is -1.65. The van der Waals surface area contributed by atoms with Crippen molar-refractivity contribution in [1.29, 1.82) is 0 Å². The van der Waals surface area contributed by atoms with Gasteiger partial charge in [-0.05, 0) is 6.42 Å². The van der Waals surface area contributed by atoms with E-state index < -0.39 is 22.4 Å². The standard InChI is InChI=1S/C8H7F3N2O2/c1-2-6-7(13(14)15)3-5(4-12-6)8(9,10)11/h3-4H,2H2,1H3. The van der Waals surface area contributed by atoms with Crippen LogP contribution in [0.25, 0.3) is 0 Å². The van der Waals surface area contributed by atoms with Crippen molar-refractivity contribution in [3.8, 4) is 0 Å². The van der Waals surface area contributed by atoms with Crippen molar-refractivity contribution in [1.82, 2.24) is 4.98 Å². The molecule has 1 heterocycles. The van der Waals surface area contributed by atoms with Crippen molar-refractivity contribution in [2.45, 2.75) is 19.5 Å². The molecule has 82 valence electrons. The molecule has 0 saturated carbocycles. The van der Waals surface area contributed by atoms with Gasteiger partial charge in [-0.1, -0.05) is 6.92 Å². The van der Waals surface area contributed by atoms with Crippen molar-refractivity contribution in [2.75, 3.05) is 0 Å². The molecule has 0 saturated heterocycles. The molecule has 7 heteroatoms. The van der Waals surface area contributed by atoms with Gasteiger partial charge in [0.25, 0.3) is 5.69 Å². The Morgan fingerprint density at radius 2 is 2.13 bits per heavy atom. The number of aromatic nitrogens is 1. The largest absolute Gasteiger partial charge is 0.418 e. The molecule has 0 amide bonds. The molecular weight excluding hydrogens is 213 g/mol. The third-order valence-corrected chi connectivity index (χ3v) is 1.81. The van der Waals surface area contributed by atoms with Crippen molar-refractivity contribution < 1.29 is 18.1 Å². The third kappa shape index (κ3) is 2.42. The highest BCUT2D eigenvalue weighted by Crippen LogP contribution is 2.31. The summed E-state index contributed by atoms with van der Waals surface area (Å²) in [7, 11) is 0. The molecule has 0 N–H and O–H groups in total. The number of hydrogen-bond donors (Lipinski definition) is 0. The zero-order valence-corrected chi connectivity index (χ0v) is 7.71. The van der Waals surface area contributed by atoms with E-state index in [0.29, 0.717) is 12.3 Å². The van der Waals surface area contributed by atoms with Crippen LogP contribution in [0.15, 0.2) is 12.3 Å². The third-order valence-electron chi connectivity index (χ3n) is 1.81. The Bertz CT molecular complexity index is 390. The van der Waals surface area contributed by atoms with Gasteiger partial charge in [0.15, 0.2) is 0 Å². The second-order valence-electron chi connectivity index (χ2n) is 2.80. The lowest BCUT2D eigenvalue weighted by molar-refractivity contribution is -0.386. The summed E-state index contributed by atoms with van der Waals surface area (Å²) in [4.78, 5) is 13.0. The zero-order chi connectivity index (χ0) is 11.6. The van der Waals surface area contributed by atoms with Crippen LogP contribution in [0.2, 0.25) is 0 Å². The smallest absolute Gasteiger partial charge is 0.258 e. The number of alkyl halides is 3. The molecule has 4 nitrogen and oxygen atoms in total. The van der Waals surface area contributed by atoms with Gasteiger partial charge in [-0.2, -0.15) is 13.2 Å². The molecule has 0 spiro atoms. The Balaban J connectivity index is 3.28. The lowest BCUT2D eigenvalue weighted by Gasteiger charge is -2.06. The Hall–Kier alpha value is -1.66. The second-order valence-corrected chi connectivity index (χ2v) is 2.80. The number of aryl methyl sites for hydroxylation is 1. The maximum Gasteiger partial charge on any atom is 0.418 e. The van der Waals surface area contributed by atoms with Crippen molar-refractivity contribution in [3.63, 3.8) is 0 Å². The van der Waals surface area contributed by atoms with Crippen molar-refractivity contribution in [3.05, 3.63) is 33.6 Å². The highest BCUT2D eigenvalue weighted by molar-refractivity contribution is 5.39. The average Bonchev–Trinajstić information content (AvgIpc) is 2.15. The lowest BCUT2D eigenvalue weighted by Crippen LogP contribution is -2.08. The van der Waals surface area contributed by atoms with E-state index in [-0.39, 0.29) is 12.1 Å². The van der Waals surface area contributed by atoms with Gasteiger partial charge in [-0.3, -0.25) is 15.1 Å². The van der Waals surface area contributed by atoms with Gasteiger partial charge in [-0.15, -0.1) is 0 Å². The molecular formula is C8H7F3N2O2. The monoisotopic (exact) mass is 220 g/mol. The summed E-state index contributed by atoms with van der Waals surface area (Å²) in [6.07, 6.45) is -3.79. The molecule has 1 rings (SSSR count). The van der Waals surface area contributed by atoms with Crippen molar-refractivity contribution >= 4 is 5.69 Å². The molecule has 0 fully saturated rings. The zero-order valence-electron chi connectivity index (χ0n) is 7.71. The van der Waals surface area contributed by atoms with Gasteiger partial charge in [0.2, 0.25) is 0 Å². The SMILES string of the molecule is CCc1ncc(C(F)(F)F)cc1[N+](=O)[O-]. The molecule has 1 aromatic rings. The van der Waals surface area contributed by atoms with Gasteiger partial charge in [-0.25, -0.2) is 0 Å². The fourth-order valence-corrected chi connectivity index (χ4v) is 1.07. The summed E-state index contributed by atoms with van der Waals surface area (Å²) in [5.74, 6) is 0. The van der Waals surface area contributed by atoms with E-state index in [0.717, 1.165) is 0 Å². The first kappa shape index (κ1) is 11.4. The predicted octanol–water partition coefficient (Wildman–Crippen LogP) is 2.57. The molecule has 1 aromatic heterocycles. The highest BCUT2D eigenvalue weighted by Gasteiger charge is 2.33. The van der Waals surface area contributed by atoms with Crippen LogP contribution in [0.4, 0.5) is 18.9 Å². The molecule has 0 aliphatic heterocycles. The number of rotatable bonds is 2. The first-order chi connectivity index (χ1) is 6.86. The van der Waals surface area contributed by atoms with Gasteiger partial charge in [0, 0.05) is 12.3 Å². The molecule has 15 heavy (non-hydrogen) atoms. The van der Waals surface area contributed by atoms with Crippen LogP contribution in [0.3, 0.4) is 0 Å². The van der Waals surface area contributed by atoms with Crippen molar-refractivity contribution in [2.24, 2.45) is 0 Å². The molecule has 0 unspecified atom stereocenters. The van der Waals surface area contributed by atoms with E-state index in [1.54, 1.807) is 6.92 Å². The van der Waals surface area contributed by atoms with Crippen LogP contribution < -0.4 is 0 Å². The Kier molecular flexibility index (Phi) is 2.92. The molecule has 0 radical (unpaired) electrons. The first-order valence-electron chi connectivity index (χ1n) is 4.06.